The monoisotopic (exact) mass is 313 g/mol. The highest BCUT2D eigenvalue weighted by molar-refractivity contribution is 5.78. The van der Waals surface area contributed by atoms with E-state index in [0.29, 0.717) is 30.2 Å². The van der Waals surface area contributed by atoms with Crippen LogP contribution in [0.1, 0.15) is 22.8 Å². The summed E-state index contributed by atoms with van der Waals surface area (Å²) in [5.41, 5.74) is 1.51. The lowest BCUT2D eigenvalue weighted by Crippen LogP contribution is -2.28. The van der Waals surface area contributed by atoms with E-state index in [1.807, 2.05) is 37.3 Å². The van der Waals surface area contributed by atoms with E-state index in [4.69, 9.17) is 9.47 Å². The zero-order valence-corrected chi connectivity index (χ0v) is 13.0. The topological polar surface area (TPSA) is 64.6 Å². The molecule has 5 nitrogen and oxygen atoms in total. The minimum Gasteiger partial charge on any atom is -0.490 e. The zero-order chi connectivity index (χ0) is 16.5. The summed E-state index contributed by atoms with van der Waals surface area (Å²) in [6.07, 6.45) is 0.735. The molecule has 2 rings (SSSR count). The van der Waals surface area contributed by atoms with Crippen LogP contribution in [0, 0.1) is 0 Å². The van der Waals surface area contributed by atoms with E-state index in [2.05, 4.69) is 5.32 Å². The average molecular weight is 313 g/mol. The van der Waals surface area contributed by atoms with Gasteiger partial charge in [0.25, 0.3) is 5.91 Å². The minimum atomic E-state index is -0.226. The Balaban J connectivity index is 1.89. The third-order valence-electron chi connectivity index (χ3n) is 3.09. The average Bonchev–Trinajstić information content (AvgIpc) is 2.60. The van der Waals surface area contributed by atoms with Crippen molar-refractivity contribution in [1.82, 2.24) is 5.32 Å². The molecule has 0 saturated carbocycles. The van der Waals surface area contributed by atoms with E-state index in [9.17, 15) is 9.59 Å². The fourth-order valence-corrected chi connectivity index (χ4v) is 1.98. The zero-order valence-electron chi connectivity index (χ0n) is 13.0. The van der Waals surface area contributed by atoms with Crippen LogP contribution in [-0.4, -0.2) is 25.4 Å². The summed E-state index contributed by atoms with van der Waals surface area (Å²) in [4.78, 5) is 22.6. The molecule has 0 spiro atoms. The van der Waals surface area contributed by atoms with Gasteiger partial charge in [0.05, 0.1) is 6.61 Å². The van der Waals surface area contributed by atoms with Crippen molar-refractivity contribution < 1.29 is 19.1 Å². The maximum absolute atomic E-state index is 11.8. The number of carbonyl (C=O) groups excluding carboxylic acids is 2. The van der Waals surface area contributed by atoms with Gasteiger partial charge >= 0.3 is 0 Å². The van der Waals surface area contributed by atoms with Crippen molar-refractivity contribution in [1.29, 1.82) is 0 Å². The SMILES string of the molecule is CCOc1cc(C=O)ccc1OCC(=O)NCc1ccccc1. The van der Waals surface area contributed by atoms with Crippen LogP contribution in [0.3, 0.4) is 0 Å². The molecule has 0 aliphatic rings. The number of ether oxygens (including phenoxy) is 2. The Morgan fingerprint density at radius 3 is 2.57 bits per heavy atom. The fourth-order valence-electron chi connectivity index (χ4n) is 1.98. The van der Waals surface area contributed by atoms with Crippen LogP contribution >= 0.6 is 0 Å². The smallest absolute Gasteiger partial charge is 0.258 e. The number of carbonyl (C=O) groups is 2. The van der Waals surface area contributed by atoms with Crippen molar-refractivity contribution in [3.05, 3.63) is 59.7 Å². The Kier molecular flexibility index (Phi) is 6.17. The molecule has 0 aliphatic carbocycles. The standard InChI is InChI=1S/C18H19NO4/c1-2-22-17-10-15(12-20)8-9-16(17)23-13-18(21)19-11-14-6-4-3-5-7-14/h3-10,12H,2,11,13H2,1H3,(H,19,21). The Hall–Kier alpha value is -2.82. The number of hydrogen-bond acceptors (Lipinski definition) is 4. The number of amides is 1. The Morgan fingerprint density at radius 2 is 1.87 bits per heavy atom. The van der Waals surface area contributed by atoms with E-state index < -0.39 is 0 Å². The lowest BCUT2D eigenvalue weighted by molar-refractivity contribution is -0.123. The van der Waals surface area contributed by atoms with Crippen molar-refractivity contribution >= 4 is 12.2 Å². The van der Waals surface area contributed by atoms with Crippen LogP contribution in [0.5, 0.6) is 11.5 Å². The van der Waals surface area contributed by atoms with Crippen molar-refractivity contribution in [2.24, 2.45) is 0 Å². The summed E-state index contributed by atoms with van der Waals surface area (Å²) in [5, 5.41) is 2.78. The van der Waals surface area contributed by atoms with Gasteiger partial charge in [0.2, 0.25) is 0 Å². The van der Waals surface area contributed by atoms with E-state index in [-0.39, 0.29) is 12.5 Å². The van der Waals surface area contributed by atoms with Gasteiger partial charge < -0.3 is 14.8 Å². The molecule has 0 aromatic heterocycles. The summed E-state index contributed by atoms with van der Waals surface area (Å²) in [6.45, 7) is 2.61. The van der Waals surface area contributed by atoms with Gasteiger partial charge in [0.1, 0.15) is 6.29 Å². The molecule has 0 bridgehead atoms. The molecule has 0 aliphatic heterocycles. The summed E-state index contributed by atoms with van der Waals surface area (Å²) in [5.74, 6) is 0.663. The highest BCUT2D eigenvalue weighted by atomic mass is 16.5. The molecule has 120 valence electrons. The molecule has 0 saturated heterocycles. The van der Waals surface area contributed by atoms with Gasteiger partial charge in [-0.3, -0.25) is 9.59 Å². The number of benzene rings is 2. The van der Waals surface area contributed by atoms with E-state index in [1.54, 1.807) is 18.2 Å². The molecule has 0 heterocycles. The summed E-state index contributed by atoms with van der Waals surface area (Å²) < 4.78 is 10.9. The first-order valence-electron chi connectivity index (χ1n) is 7.38. The highest BCUT2D eigenvalue weighted by Crippen LogP contribution is 2.27. The van der Waals surface area contributed by atoms with Crippen LogP contribution in [0.4, 0.5) is 0 Å². The molecule has 2 aromatic carbocycles. The largest absolute Gasteiger partial charge is 0.490 e. The van der Waals surface area contributed by atoms with Gasteiger partial charge in [0.15, 0.2) is 18.1 Å². The predicted octanol–water partition coefficient (Wildman–Crippen LogP) is 2.59. The second-order valence-corrected chi connectivity index (χ2v) is 4.81. The number of rotatable bonds is 8. The Morgan fingerprint density at radius 1 is 1.09 bits per heavy atom. The van der Waals surface area contributed by atoms with Crippen LogP contribution in [0.2, 0.25) is 0 Å². The first-order chi connectivity index (χ1) is 11.2. The first kappa shape index (κ1) is 16.5. The van der Waals surface area contributed by atoms with Gasteiger partial charge in [-0.2, -0.15) is 0 Å². The van der Waals surface area contributed by atoms with Crippen molar-refractivity contribution in [2.45, 2.75) is 13.5 Å². The normalized spacial score (nSPS) is 9.96. The summed E-state index contributed by atoms with van der Waals surface area (Å²) in [7, 11) is 0. The molecule has 1 amide bonds. The maximum atomic E-state index is 11.8. The molecule has 0 radical (unpaired) electrons. The van der Waals surface area contributed by atoms with Gasteiger partial charge in [-0.15, -0.1) is 0 Å². The van der Waals surface area contributed by atoms with Crippen LogP contribution in [0.15, 0.2) is 48.5 Å². The Bertz CT molecular complexity index is 655. The third kappa shape index (κ3) is 5.14. The van der Waals surface area contributed by atoms with E-state index >= 15 is 0 Å². The van der Waals surface area contributed by atoms with Gasteiger partial charge in [0, 0.05) is 12.1 Å². The molecule has 5 heteroatoms. The molecule has 0 fully saturated rings. The lowest BCUT2D eigenvalue weighted by atomic mass is 10.2. The molecule has 0 unspecified atom stereocenters. The third-order valence-corrected chi connectivity index (χ3v) is 3.09. The highest BCUT2D eigenvalue weighted by Gasteiger charge is 2.09. The lowest BCUT2D eigenvalue weighted by Gasteiger charge is -2.12. The van der Waals surface area contributed by atoms with Crippen LogP contribution < -0.4 is 14.8 Å². The van der Waals surface area contributed by atoms with Crippen LogP contribution in [0.25, 0.3) is 0 Å². The fraction of sp³-hybridized carbons (Fsp3) is 0.222. The molecule has 2 aromatic rings. The quantitative estimate of drug-likeness (QED) is 0.761. The summed E-state index contributed by atoms with van der Waals surface area (Å²) >= 11 is 0. The second kappa shape index (κ2) is 8.58. The van der Waals surface area contributed by atoms with Crippen LogP contribution in [-0.2, 0) is 11.3 Å². The number of hydrogen-bond donors (Lipinski definition) is 1. The molecule has 0 atom stereocenters. The van der Waals surface area contributed by atoms with E-state index in [1.165, 1.54) is 0 Å². The molecular formula is C18H19NO4. The predicted molar refractivity (Wildman–Crippen MR) is 86.8 cm³/mol. The molecular weight excluding hydrogens is 294 g/mol. The van der Waals surface area contributed by atoms with Crippen molar-refractivity contribution in [2.75, 3.05) is 13.2 Å². The summed E-state index contributed by atoms with van der Waals surface area (Å²) in [6, 6.07) is 14.5. The van der Waals surface area contributed by atoms with Gasteiger partial charge in [-0.25, -0.2) is 0 Å². The van der Waals surface area contributed by atoms with Gasteiger partial charge in [-0.05, 0) is 30.7 Å². The Labute approximate surface area is 135 Å². The van der Waals surface area contributed by atoms with E-state index in [0.717, 1.165) is 11.8 Å². The maximum Gasteiger partial charge on any atom is 0.258 e. The van der Waals surface area contributed by atoms with Crippen molar-refractivity contribution in [3.63, 3.8) is 0 Å². The number of nitrogens with one attached hydrogen (secondary N) is 1. The second-order valence-electron chi connectivity index (χ2n) is 4.81. The molecule has 1 N–H and O–H groups in total. The van der Waals surface area contributed by atoms with Crippen molar-refractivity contribution in [3.8, 4) is 11.5 Å². The first-order valence-corrected chi connectivity index (χ1v) is 7.38. The van der Waals surface area contributed by atoms with Gasteiger partial charge in [-0.1, -0.05) is 30.3 Å². The molecule has 23 heavy (non-hydrogen) atoms. The minimum absolute atomic E-state index is 0.118. The number of aldehydes is 1.